The van der Waals surface area contributed by atoms with Crippen LogP contribution < -0.4 is 10.6 Å². The highest BCUT2D eigenvalue weighted by Crippen LogP contribution is 2.12. The summed E-state index contributed by atoms with van der Waals surface area (Å²) >= 11 is 0. The zero-order chi connectivity index (χ0) is 17.6. The number of nitrogens with one attached hydrogen (secondary N) is 2. The first kappa shape index (κ1) is 18.5. The third kappa shape index (κ3) is 5.96. The van der Waals surface area contributed by atoms with Gasteiger partial charge in [-0.3, -0.25) is 14.5 Å². The monoisotopic (exact) mass is 331 g/mol. The predicted molar refractivity (Wildman–Crippen MR) is 95.6 cm³/mol. The van der Waals surface area contributed by atoms with Gasteiger partial charge in [-0.15, -0.1) is 0 Å². The molecule has 0 unspecified atom stereocenters. The Morgan fingerprint density at radius 2 is 2.00 bits per heavy atom. The summed E-state index contributed by atoms with van der Waals surface area (Å²) in [4.78, 5) is 26.5. The molecule has 1 saturated heterocycles. The van der Waals surface area contributed by atoms with E-state index >= 15 is 0 Å². The molecule has 0 aromatic heterocycles. The molecule has 24 heavy (non-hydrogen) atoms. The lowest BCUT2D eigenvalue weighted by Gasteiger charge is -2.35. The molecule has 1 aliphatic heterocycles. The van der Waals surface area contributed by atoms with Gasteiger partial charge in [-0.2, -0.15) is 0 Å². The molecule has 1 atom stereocenters. The fourth-order valence-electron chi connectivity index (χ4n) is 3.03. The Morgan fingerprint density at radius 1 is 1.29 bits per heavy atom. The molecule has 1 aromatic carbocycles. The van der Waals surface area contributed by atoms with Crippen molar-refractivity contribution in [3.05, 3.63) is 35.9 Å². The van der Waals surface area contributed by atoms with Crippen LogP contribution in [-0.2, 0) is 16.0 Å². The molecule has 2 amide bonds. The van der Waals surface area contributed by atoms with Crippen molar-refractivity contribution in [2.24, 2.45) is 0 Å². The Kier molecular flexibility index (Phi) is 6.37. The molecular formula is C19H29N3O2. The van der Waals surface area contributed by atoms with Crippen molar-refractivity contribution in [1.82, 2.24) is 15.5 Å². The van der Waals surface area contributed by atoms with Gasteiger partial charge in [0.05, 0.1) is 12.5 Å². The highest BCUT2D eigenvalue weighted by Gasteiger charge is 2.31. The summed E-state index contributed by atoms with van der Waals surface area (Å²) in [5, 5.41) is 5.82. The van der Waals surface area contributed by atoms with E-state index in [1.54, 1.807) is 0 Å². The van der Waals surface area contributed by atoms with Crippen molar-refractivity contribution >= 4 is 11.8 Å². The lowest BCUT2D eigenvalue weighted by Crippen LogP contribution is -2.57. The Bertz CT molecular complexity index is 551. The molecule has 5 heteroatoms. The lowest BCUT2D eigenvalue weighted by atomic mass is 10.0. The van der Waals surface area contributed by atoms with Crippen LogP contribution in [0.5, 0.6) is 0 Å². The first-order chi connectivity index (χ1) is 11.3. The fraction of sp³-hybridized carbons (Fsp3) is 0.579. The van der Waals surface area contributed by atoms with Crippen molar-refractivity contribution in [3.63, 3.8) is 0 Å². The minimum atomic E-state index is -0.364. The fourth-order valence-corrected chi connectivity index (χ4v) is 3.03. The summed E-state index contributed by atoms with van der Waals surface area (Å²) in [6.45, 7) is 8.13. The summed E-state index contributed by atoms with van der Waals surface area (Å²) in [7, 11) is 0. The molecule has 1 aliphatic rings. The molecule has 2 N–H and O–H groups in total. The molecule has 1 fully saturated rings. The highest BCUT2D eigenvalue weighted by molar-refractivity contribution is 5.89. The Labute approximate surface area is 144 Å². The summed E-state index contributed by atoms with van der Waals surface area (Å²) < 4.78 is 0. The molecule has 0 radical (unpaired) electrons. The molecule has 0 aliphatic carbocycles. The Hall–Kier alpha value is -1.88. The van der Waals surface area contributed by atoms with Crippen LogP contribution in [0.4, 0.5) is 0 Å². The van der Waals surface area contributed by atoms with Crippen LogP contribution in [0.1, 0.15) is 39.2 Å². The number of piperazine rings is 1. The number of hydrogen-bond acceptors (Lipinski definition) is 3. The Balaban J connectivity index is 1.88. The first-order valence-corrected chi connectivity index (χ1v) is 8.72. The predicted octanol–water partition coefficient (Wildman–Crippen LogP) is 1.72. The smallest absolute Gasteiger partial charge is 0.237 e. The zero-order valence-corrected chi connectivity index (χ0v) is 15.0. The number of rotatable bonds is 6. The van der Waals surface area contributed by atoms with E-state index < -0.39 is 0 Å². The van der Waals surface area contributed by atoms with Crippen molar-refractivity contribution in [2.45, 2.75) is 51.6 Å². The van der Waals surface area contributed by atoms with Crippen LogP contribution in [0, 0.1) is 0 Å². The minimum absolute atomic E-state index is 0.0370. The maximum atomic E-state index is 12.2. The normalized spacial score (nSPS) is 19.0. The van der Waals surface area contributed by atoms with E-state index in [4.69, 9.17) is 0 Å². The molecule has 0 bridgehead atoms. The molecule has 1 aromatic rings. The van der Waals surface area contributed by atoms with Gasteiger partial charge < -0.3 is 10.6 Å². The van der Waals surface area contributed by atoms with E-state index in [0.29, 0.717) is 6.54 Å². The van der Waals surface area contributed by atoms with Crippen LogP contribution in [0.25, 0.3) is 0 Å². The molecule has 132 valence electrons. The van der Waals surface area contributed by atoms with Crippen molar-refractivity contribution in [1.29, 1.82) is 0 Å². The van der Waals surface area contributed by atoms with Crippen LogP contribution >= 0.6 is 0 Å². The lowest BCUT2D eigenvalue weighted by molar-refractivity contribution is -0.134. The quantitative estimate of drug-likeness (QED) is 0.834. The van der Waals surface area contributed by atoms with E-state index in [0.717, 1.165) is 25.9 Å². The van der Waals surface area contributed by atoms with Gasteiger partial charge in [-0.25, -0.2) is 0 Å². The zero-order valence-electron chi connectivity index (χ0n) is 15.0. The summed E-state index contributed by atoms with van der Waals surface area (Å²) in [5.74, 6) is -0.109. The van der Waals surface area contributed by atoms with Crippen LogP contribution in [-0.4, -0.2) is 47.9 Å². The van der Waals surface area contributed by atoms with E-state index in [1.807, 2.05) is 39.0 Å². The van der Waals surface area contributed by atoms with Crippen LogP contribution in [0.2, 0.25) is 0 Å². The molecular weight excluding hydrogens is 302 g/mol. The van der Waals surface area contributed by atoms with Crippen LogP contribution in [0.3, 0.4) is 0 Å². The first-order valence-electron chi connectivity index (χ1n) is 8.72. The summed E-state index contributed by atoms with van der Waals surface area (Å²) in [6, 6.07) is 9.99. The van der Waals surface area contributed by atoms with Crippen molar-refractivity contribution < 1.29 is 9.59 Å². The van der Waals surface area contributed by atoms with Crippen molar-refractivity contribution in [3.8, 4) is 0 Å². The second-order valence-corrected chi connectivity index (χ2v) is 7.43. The number of aryl methyl sites for hydroxylation is 1. The maximum Gasteiger partial charge on any atom is 0.237 e. The number of hydrogen-bond donors (Lipinski definition) is 2. The topological polar surface area (TPSA) is 61.4 Å². The number of amides is 2. The number of carbonyl (C=O) groups excluding carboxylic acids is 2. The third-order valence-corrected chi connectivity index (χ3v) is 4.09. The second kappa shape index (κ2) is 8.29. The largest absolute Gasteiger partial charge is 0.353 e. The molecule has 5 nitrogen and oxygen atoms in total. The van der Waals surface area contributed by atoms with E-state index in [2.05, 4.69) is 27.7 Å². The summed E-state index contributed by atoms with van der Waals surface area (Å²) in [5.41, 5.74) is 1.03. The number of benzene rings is 1. The molecule has 1 heterocycles. The van der Waals surface area contributed by atoms with E-state index in [9.17, 15) is 9.59 Å². The second-order valence-electron chi connectivity index (χ2n) is 7.43. The van der Waals surface area contributed by atoms with Gasteiger partial charge in [0.2, 0.25) is 11.8 Å². The van der Waals surface area contributed by atoms with Gasteiger partial charge in [0.15, 0.2) is 0 Å². The van der Waals surface area contributed by atoms with Crippen LogP contribution in [0.15, 0.2) is 30.3 Å². The Morgan fingerprint density at radius 3 is 2.67 bits per heavy atom. The molecule has 0 spiro atoms. The van der Waals surface area contributed by atoms with Gasteiger partial charge in [0.1, 0.15) is 0 Å². The minimum Gasteiger partial charge on any atom is -0.353 e. The van der Waals surface area contributed by atoms with E-state index in [1.165, 1.54) is 5.56 Å². The molecule has 2 rings (SSSR count). The average molecular weight is 331 g/mol. The third-order valence-electron chi connectivity index (χ3n) is 4.09. The van der Waals surface area contributed by atoms with Gasteiger partial charge in [-0.1, -0.05) is 30.3 Å². The van der Waals surface area contributed by atoms with Gasteiger partial charge in [0.25, 0.3) is 0 Å². The highest BCUT2D eigenvalue weighted by atomic mass is 16.2. The number of carbonyl (C=O) groups is 2. The summed E-state index contributed by atoms with van der Waals surface area (Å²) in [6.07, 6.45) is 2.18. The average Bonchev–Trinajstić information content (AvgIpc) is 2.50. The maximum absolute atomic E-state index is 12.2. The SMILES string of the molecule is CC(C)(C)NC(=O)C[C@@H]1C(=O)NCCN1CCCc1ccccc1. The van der Waals surface area contributed by atoms with E-state index in [-0.39, 0.29) is 29.8 Å². The van der Waals surface area contributed by atoms with Gasteiger partial charge >= 0.3 is 0 Å². The standard InChI is InChI=1S/C19H29N3O2/c1-19(2,3)21-17(23)14-16-18(24)20-11-13-22(16)12-7-10-15-8-5-4-6-9-15/h4-6,8-9,16H,7,10-14H2,1-3H3,(H,20,24)(H,21,23)/t16-/m1/s1. The number of nitrogens with zero attached hydrogens (tertiary/aromatic N) is 1. The molecule has 0 saturated carbocycles. The van der Waals surface area contributed by atoms with Gasteiger partial charge in [0, 0.05) is 18.6 Å². The van der Waals surface area contributed by atoms with Gasteiger partial charge in [-0.05, 0) is 45.7 Å². The van der Waals surface area contributed by atoms with Crippen molar-refractivity contribution in [2.75, 3.05) is 19.6 Å².